The van der Waals surface area contributed by atoms with Gasteiger partial charge in [-0.2, -0.15) is 0 Å². The first-order valence-corrected chi connectivity index (χ1v) is 14.5. The first-order chi connectivity index (χ1) is 18.6. The highest BCUT2D eigenvalue weighted by Gasteiger charge is 2.12. The molecule has 0 saturated carbocycles. The van der Waals surface area contributed by atoms with Crippen molar-refractivity contribution >= 4 is 5.97 Å². The molecule has 0 aliphatic rings. The Hall–Kier alpha value is -3.08. The Balaban J connectivity index is 1.46. The number of hydrogen-bond acceptors (Lipinski definition) is 4. The molecule has 0 spiro atoms. The molecule has 0 radical (unpaired) electrons. The highest BCUT2D eigenvalue weighted by atomic mass is 19.1. The summed E-state index contributed by atoms with van der Waals surface area (Å²) >= 11 is 0. The number of aryl methyl sites for hydroxylation is 2. The number of benzene rings is 2. The largest absolute Gasteiger partial charge is 0.423 e. The molecular formula is C33H43FN2O2. The average molecular weight is 519 g/mol. The van der Waals surface area contributed by atoms with Gasteiger partial charge in [-0.1, -0.05) is 96.3 Å². The molecule has 0 amide bonds. The predicted molar refractivity (Wildman–Crippen MR) is 153 cm³/mol. The maximum atomic E-state index is 14.5. The van der Waals surface area contributed by atoms with E-state index < -0.39 is 5.97 Å². The summed E-state index contributed by atoms with van der Waals surface area (Å²) in [6, 6.07) is 11.7. The standard InChI is InChI=1S/C33H43FN2O2/c1-3-5-7-9-10-12-13-15-26-24-35-32(36-25-26)28-17-19-29(20-18-28)33(37)38-30-22-21-27(31(34)23-30)16-14-11-8-6-4-2/h17-25H,3-16H2,1-2H3. The molecule has 4 nitrogen and oxygen atoms in total. The van der Waals surface area contributed by atoms with Gasteiger partial charge in [0.25, 0.3) is 0 Å². The van der Waals surface area contributed by atoms with Gasteiger partial charge in [0.05, 0.1) is 5.56 Å². The molecule has 0 aliphatic heterocycles. The van der Waals surface area contributed by atoms with Crippen LogP contribution in [0.4, 0.5) is 4.39 Å². The number of hydrogen-bond donors (Lipinski definition) is 0. The van der Waals surface area contributed by atoms with Gasteiger partial charge in [0.1, 0.15) is 11.6 Å². The number of carbonyl (C=O) groups excluding carboxylic acids is 1. The normalized spacial score (nSPS) is 11.0. The molecule has 0 unspecified atom stereocenters. The van der Waals surface area contributed by atoms with Crippen molar-refractivity contribution in [1.82, 2.24) is 9.97 Å². The van der Waals surface area contributed by atoms with Gasteiger partial charge in [0.2, 0.25) is 0 Å². The highest BCUT2D eigenvalue weighted by molar-refractivity contribution is 5.91. The number of unbranched alkanes of at least 4 members (excludes halogenated alkanes) is 10. The zero-order valence-electron chi connectivity index (χ0n) is 23.2. The second-order valence-electron chi connectivity index (χ2n) is 10.2. The highest BCUT2D eigenvalue weighted by Crippen LogP contribution is 2.21. The second-order valence-corrected chi connectivity index (χ2v) is 10.2. The van der Waals surface area contributed by atoms with E-state index in [1.807, 2.05) is 24.5 Å². The lowest BCUT2D eigenvalue weighted by Crippen LogP contribution is -2.09. The van der Waals surface area contributed by atoms with Gasteiger partial charge in [-0.15, -0.1) is 0 Å². The van der Waals surface area contributed by atoms with Crippen LogP contribution >= 0.6 is 0 Å². The van der Waals surface area contributed by atoms with Crippen LogP contribution in [0.15, 0.2) is 54.9 Å². The molecule has 204 valence electrons. The number of nitrogens with zero attached hydrogens (tertiary/aromatic N) is 2. The zero-order chi connectivity index (χ0) is 27.0. The van der Waals surface area contributed by atoms with Gasteiger partial charge in [0.15, 0.2) is 5.82 Å². The number of halogens is 1. The molecular weight excluding hydrogens is 475 g/mol. The maximum absolute atomic E-state index is 14.5. The third-order valence-electron chi connectivity index (χ3n) is 6.94. The second kappa shape index (κ2) is 16.7. The van der Waals surface area contributed by atoms with E-state index in [0.717, 1.165) is 36.8 Å². The van der Waals surface area contributed by atoms with Crippen molar-refractivity contribution in [2.75, 3.05) is 0 Å². The summed E-state index contributed by atoms with van der Waals surface area (Å²) in [6.07, 6.45) is 20.2. The predicted octanol–water partition coefficient (Wildman–Crippen LogP) is 9.31. The van der Waals surface area contributed by atoms with E-state index in [2.05, 4.69) is 23.8 Å². The lowest BCUT2D eigenvalue weighted by atomic mass is 10.0. The summed E-state index contributed by atoms with van der Waals surface area (Å²) in [5, 5.41) is 0. The lowest BCUT2D eigenvalue weighted by Gasteiger charge is -2.08. The number of aromatic nitrogens is 2. The summed E-state index contributed by atoms with van der Waals surface area (Å²) in [5.41, 5.74) is 3.04. The Labute approximate surface area is 228 Å². The maximum Gasteiger partial charge on any atom is 0.343 e. The molecule has 0 fully saturated rings. The van der Waals surface area contributed by atoms with Gasteiger partial charge in [-0.3, -0.25) is 0 Å². The molecule has 5 heteroatoms. The summed E-state index contributed by atoms with van der Waals surface area (Å²) < 4.78 is 19.9. The minimum Gasteiger partial charge on any atom is -0.423 e. The van der Waals surface area contributed by atoms with Gasteiger partial charge in [0, 0.05) is 24.0 Å². The van der Waals surface area contributed by atoms with Crippen LogP contribution in [0.1, 0.15) is 112 Å². The molecule has 1 heterocycles. The molecule has 2 aromatic carbocycles. The molecule has 3 aromatic rings. The SMILES string of the molecule is CCCCCCCCCc1cnc(-c2ccc(C(=O)Oc3ccc(CCCCCCC)c(F)c3)cc2)nc1. The van der Waals surface area contributed by atoms with E-state index in [4.69, 9.17) is 4.74 Å². The minimum absolute atomic E-state index is 0.214. The molecule has 0 atom stereocenters. The lowest BCUT2D eigenvalue weighted by molar-refractivity contribution is 0.0734. The third kappa shape index (κ3) is 10.00. The fraction of sp³-hybridized carbons (Fsp3) is 0.485. The average Bonchev–Trinajstić information content (AvgIpc) is 2.94. The van der Waals surface area contributed by atoms with Crippen molar-refractivity contribution in [2.45, 2.75) is 104 Å². The molecule has 0 saturated heterocycles. The summed E-state index contributed by atoms with van der Waals surface area (Å²) in [6.45, 7) is 4.42. The Bertz CT molecular complexity index is 1100. The minimum atomic E-state index is -0.519. The van der Waals surface area contributed by atoms with Crippen LogP contribution in [0.25, 0.3) is 11.4 Å². The summed E-state index contributed by atoms with van der Waals surface area (Å²) in [7, 11) is 0. The number of carbonyl (C=O) groups is 1. The Kier molecular flexibility index (Phi) is 13.0. The van der Waals surface area contributed by atoms with Crippen LogP contribution in [0.5, 0.6) is 5.75 Å². The number of ether oxygens (including phenoxy) is 1. The zero-order valence-corrected chi connectivity index (χ0v) is 23.2. The van der Waals surface area contributed by atoms with Crippen LogP contribution < -0.4 is 4.74 Å². The quantitative estimate of drug-likeness (QED) is 0.101. The van der Waals surface area contributed by atoms with E-state index in [9.17, 15) is 9.18 Å². The summed E-state index contributed by atoms with van der Waals surface area (Å²) in [4.78, 5) is 21.6. The van der Waals surface area contributed by atoms with Crippen LogP contribution in [0.2, 0.25) is 0 Å². The third-order valence-corrected chi connectivity index (χ3v) is 6.94. The van der Waals surface area contributed by atoms with Crippen molar-refractivity contribution in [3.63, 3.8) is 0 Å². The molecule has 0 aliphatic carbocycles. The van der Waals surface area contributed by atoms with E-state index in [0.29, 0.717) is 23.4 Å². The molecule has 38 heavy (non-hydrogen) atoms. The van der Waals surface area contributed by atoms with Crippen LogP contribution in [-0.2, 0) is 12.8 Å². The number of rotatable bonds is 17. The van der Waals surface area contributed by atoms with Crippen molar-refractivity contribution in [3.05, 3.63) is 77.4 Å². The molecule has 3 rings (SSSR count). The van der Waals surface area contributed by atoms with E-state index >= 15 is 0 Å². The van der Waals surface area contributed by atoms with Crippen LogP contribution in [0.3, 0.4) is 0 Å². The fourth-order valence-corrected chi connectivity index (χ4v) is 4.55. The van der Waals surface area contributed by atoms with Crippen LogP contribution in [0, 0.1) is 5.82 Å². The first kappa shape index (κ1) is 29.5. The fourth-order valence-electron chi connectivity index (χ4n) is 4.55. The summed E-state index contributed by atoms with van der Waals surface area (Å²) in [5.74, 6) is -0.00490. The van der Waals surface area contributed by atoms with Gasteiger partial charge in [-0.25, -0.2) is 19.2 Å². The smallest absolute Gasteiger partial charge is 0.343 e. The van der Waals surface area contributed by atoms with Gasteiger partial charge in [-0.05, 0) is 55.0 Å². The van der Waals surface area contributed by atoms with Crippen molar-refractivity contribution in [1.29, 1.82) is 0 Å². The molecule has 0 bridgehead atoms. The molecule has 0 N–H and O–H groups in total. The van der Waals surface area contributed by atoms with E-state index in [1.165, 1.54) is 63.9 Å². The van der Waals surface area contributed by atoms with E-state index in [-0.39, 0.29) is 11.6 Å². The van der Waals surface area contributed by atoms with Crippen molar-refractivity contribution in [2.24, 2.45) is 0 Å². The van der Waals surface area contributed by atoms with Crippen molar-refractivity contribution in [3.8, 4) is 17.1 Å². The van der Waals surface area contributed by atoms with Gasteiger partial charge >= 0.3 is 5.97 Å². The topological polar surface area (TPSA) is 52.1 Å². The van der Waals surface area contributed by atoms with Gasteiger partial charge < -0.3 is 4.74 Å². The Morgan fingerprint density at radius 3 is 1.92 bits per heavy atom. The number of esters is 1. The molecule has 1 aromatic heterocycles. The Morgan fingerprint density at radius 2 is 1.32 bits per heavy atom. The van der Waals surface area contributed by atoms with Crippen LogP contribution in [-0.4, -0.2) is 15.9 Å². The van der Waals surface area contributed by atoms with Crippen molar-refractivity contribution < 1.29 is 13.9 Å². The Morgan fingerprint density at radius 1 is 0.737 bits per heavy atom. The van der Waals surface area contributed by atoms with E-state index in [1.54, 1.807) is 24.3 Å². The first-order valence-electron chi connectivity index (χ1n) is 14.5. The monoisotopic (exact) mass is 518 g/mol.